The van der Waals surface area contributed by atoms with Crippen LogP contribution in [0.25, 0.3) is 12.2 Å². The lowest BCUT2D eigenvalue weighted by Gasteiger charge is -2.05. The van der Waals surface area contributed by atoms with Gasteiger partial charge in [-0.2, -0.15) is 0 Å². The third-order valence-electron chi connectivity index (χ3n) is 4.23. The quantitative estimate of drug-likeness (QED) is 0.407. The topological polar surface area (TPSA) is 61.2 Å². The van der Waals surface area contributed by atoms with Crippen molar-refractivity contribution in [2.24, 2.45) is 7.05 Å². The smallest absolute Gasteiger partial charge is 0.163 e. The molecule has 0 radical (unpaired) electrons. The highest BCUT2D eigenvalue weighted by Crippen LogP contribution is 2.15. The normalized spacial score (nSPS) is 11.2. The zero-order chi connectivity index (χ0) is 20.5. The maximum Gasteiger partial charge on any atom is 0.163 e. The van der Waals surface area contributed by atoms with Crippen molar-refractivity contribution >= 4 is 23.7 Å². The van der Waals surface area contributed by atoms with E-state index in [1.54, 1.807) is 18.3 Å². The SMILES string of the molecule is Cn1cccc1/C=C/C(=O)CC(=O)/C=C/c1ccc(OCc2ccccn2)cc1. The molecule has 0 aliphatic rings. The zero-order valence-electron chi connectivity index (χ0n) is 16.2. The van der Waals surface area contributed by atoms with Crippen molar-refractivity contribution in [3.8, 4) is 5.75 Å². The molecule has 5 heteroatoms. The van der Waals surface area contributed by atoms with Crippen LogP contribution in [0.4, 0.5) is 0 Å². The third-order valence-corrected chi connectivity index (χ3v) is 4.23. The third kappa shape index (κ3) is 6.43. The van der Waals surface area contributed by atoms with E-state index in [1.807, 2.05) is 72.4 Å². The first-order valence-corrected chi connectivity index (χ1v) is 9.26. The number of pyridine rings is 1. The maximum absolute atomic E-state index is 12.0. The van der Waals surface area contributed by atoms with E-state index in [2.05, 4.69) is 4.98 Å². The highest BCUT2D eigenvalue weighted by atomic mass is 16.5. The van der Waals surface area contributed by atoms with Crippen LogP contribution in [0.15, 0.2) is 79.1 Å². The summed E-state index contributed by atoms with van der Waals surface area (Å²) in [6, 6.07) is 16.9. The second-order valence-electron chi connectivity index (χ2n) is 6.50. The van der Waals surface area contributed by atoms with Crippen LogP contribution in [0.5, 0.6) is 5.75 Å². The van der Waals surface area contributed by atoms with Crippen molar-refractivity contribution in [2.45, 2.75) is 13.0 Å². The predicted octanol–water partition coefficient (Wildman–Crippen LogP) is 4.25. The molecule has 0 fully saturated rings. The van der Waals surface area contributed by atoms with Gasteiger partial charge >= 0.3 is 0 Å². The van der Waals surface area contributed by atoms with Crippen LogP contribution in [0.3, 0.4) is 0 Å². The Balaban J connectivity index is 1.47. The molecule has 0 unspecified atom stereocenters. The fraction of sp³-hybridized carbons (Fsp3) is 0.125. The minimum absolute atomic E-state index is 0.150. The van der Waals surface area contributed by atoms with Crippen molar-refractivity contribution in [1.29, 1.82) is 0 Å². The number of aryl methyl sites for hydroxylation is 1. The summed E-state index contributed by atoms with van der Waals surface area (Å²) in [7, 11) is 1.90. The van der Waals surface area contributed by atoms with Crippen LogP contribution < -0.4 is 4.74 Å². The van der Waals surface area contributed by atoms with Crippen molar-refractivity contribution in [2.75, 3.05) is 0 Å². The summed E-state index contributed by atoms with van der Waals surface area (Å²) in [5.74, 6) is 0.265. The van der Waals surface area contributed by atoms with Gasteiger partial charge in [-0.1, -0.05) is 24.3 Å². The number of rotatable bonds is 9. The van der Waals surface area contributed by atoms with E-state index in [1.165, 1.54) is 12.2 Å². The minimum atomic E-state index is -0.234. The average Bonchev–Trinajstić information content (AvgIpc) is 3.15. The maximum atomic E-state index is 12.0. The fourth-order valence-corrected chi connectivity index (χ4v) is 2.62. The Labute approximate surface area is 170 Å². The minimum Gasteiger partial charge on any atom is -0.487 e. The Hall–Kier alpha value is -3.73. The van der Waals surface area contributed by atoms with Gasteiger partial charge < -0.3 is 9.30 Å². The standard InChI is InChI=1S/C24H22N2O3/c1-26-16-4-6-21(26)10-12-23(28)17-22(27)11-7-19-8-13-24(14-9-19)29-18-20-5-2-3-15-25-20/h2-16H,17-18H2,1H3/b11-7+,12-10+. The van der Waals surface area contributed by atoms with E-state index in [4.69, 9.17) is 4.74 Å². The Morgan fingerprint density at radius 1 is 0.966 bits per heavy atom. The summed E-state index contributed by atoms with van der Waals surface area (Å²) < 4.78 is 7.58. The molecular weight excluding hydrogens is 364 g/mol. The number of hydrogen-bond acceptors (Lipinski definition) is 4. The molecule has 146 valence electrons. The van der Waals surface area contributed by atoms with Gasteiger partial charge in [-0.3, -0.25) is 14.6 Å². The molecule has 0 spiro atoms. The van der Waals surface area contributed by atoms with Gasteiger partial charge in [-0.25, -0.2) is 0 Å². The summed E-state index contributed by atoms with van der Waals surface area (Å²) >= 11 is 0. The van der Waals surface area contributed by atoms with E-state index in [9.17, 15) is 9.59 Å². The van der Waals surface area contributed by atoms with Crippen molar-refractivity contribution in [3.63, 3.8) is 0 Å². The molecule has 0 saturated carbocycles. The van der Waals surface area contributed by atoms with Crippen molar-refractivity contribution in [3.05, 3.63) is 96.1 Å². The van der Waals surface area contributed by atoms with Crippen molar-refractivity contribution < 1.29 is 14.3 Å². The Kier molecular flexibility index (Phi) is 6.90. The van der Waals surface area contributed by atoms with E-state index >= 15 is 0 Å². The Morgan fingerprint density at radius 3 is 2.38 bits per heavy atom. The average molecular weight is 386 g/mol. The van der Waals surface area contributed by atoms with Crippen LogP contribution in [-0.2, 0) is 23.2 Å². The molecule has 0 amide bonds. The molecule has 2 heterocycles. The molecule has 3 aromatic rings. The number of ether oxygens (including phenoxy) is 1. The molecule has 3 rings (SSSR count). The lowest BCUT2D eigenvalue weighted by Crippen LogP contribution is -2.02. The van der Waals surface area contributed by atoms with E-state index in [-0.39, 0.29) is 18.0 Å². The van der Waals surface area contributed by atoms with Crippen LogP contribution >= 0.6 is 0 Å². The second-order valence-corrected chi connectivity index (χ2v) is 6.50. The number of hydrogen-bond donors (Lipinski definition) is 0. The largest absolute Gasteiger partial charge is 0.487 e. The van der Waals surface area contributed by atoms with Gasteiger partial charge in [-0.15, -0.1) is 0 Å². The van der Waals surface area contributed by atoms with E-state index in [0.29, 0.717) is 6.61 Å². The number of carbonyl (C=O) groups is 2. The molecule has 0 saturated heterocycles. The lowest BCUT2D eigenvalue weighted by atomic mass is 10.1. The number of carbonyl (C=O) groups excluding carboxylic acids is 2. The molecule has 0 atom stereocenters. The Morgan fingerprint density at radius 2 is 1.72 bits per heavy atom. The van der Waals surface area contributed by atoms with Gasteiger partial charge in [0.15, 0.2) is 11.6 Å². The molecule has 0 aliphatic heterocycles. The summed E-state index contributed by atoms with van der Waals surface area (Å²) in [4.78, 5) is 28.1. The van der Waals surface area contributed by atoms with E-state index in [0.717, 1.165) is 22.7 Å². The van der Waals surface area contributed by atoms with Crippen LogP contribution in [0.2, 0.25) is 0 Å². The molecule has 0 aliphatic carbocycles. The molecule has 0 N–H and O–H groups in total. The molecule has 0 bridgehead atoms. The highest BCUT2D eigenvalue weighted by molar-refractivity contribution is 6.10. The molecular formula is C24H22N2O3. The van der Waals surface area contributed by atoms with Gasteiger partial charge in [0.1, 0.15) is 12.4 Å². The number of ketones is 2. The molecule has 2 aromatic heterocycles. The first-order valence-electron chi connectivity index (χ1n) is 9.26. The summed E-state index contributed by atoms with van der Waals surface area (Å²) in [5, 5.41) is 0. The van der Waals surface area contributed by atoms with Crippen LogP contribution in [0, 0.1) is 0 Å². The molecule has 5 nitrogen and oxygen atoms in total. The van der Waals surface area contributed by atoms with Gasteiger partial charge in [0, 0.05) is 25.1 Å². The van der Waals surface area contributed by atoms with Gasteiger partial charge in [-0.05, 0) is 60.2 Å². The van der Waals surface area contributed by atoms with Gasteiger partial charge in [0.2, 0.25) is 0 Å². The number of aromatic nitrogens is 2. The Bertz CT molecular complexity index is 1020. The summed E-state index contributed by atoms with van der Waals surface area (Å²) in [6.45, 7) is 0.396. The number of nitrogens with zero attached hydrogens (tertiary/aromatic N) is 2. The second kappa shape index (κ2) is 9.99. The van der Waals surface area contributed by atoms with E-state index < -0.39 is 0 Å². The zero-order valence-corrected chi connectivity index (χ0v) is 16.2. The lowest BCUT2D eigenvalue weighted by molar-refractivity contribution is -0.121. The van der Waals surface area contributed by atoms with Crippen LogP contribution in [-0.4, -0.2) is 21.1 Å². The van der Waals surface area contributed by atoms with Gasteiger partial charge in [0.05, 0.1) is 12.1 Å². The molecule has 1 aromatic carbocycles. The number of benzene rings is 1. The van der Waals surface area contributed by atoms with Crippen LogP contribution in [0.1, 0.15) is 23.4 Å². The summed E-state index contributed by atoms with van der Waals surface area (Å²) in [6.07, 6.45) is 9.75. The fourth-order valence-electron chi connectivity index (χ4n) is 2.62. The highest BCUT2D eigenvalue weighted by Gasteiger charge is 2.04. The first-order chi connectivity index (χ1) is 14.1. The number of allylic oxidation sites excluding steroid dienone is 2. The summed E-state index contributed by atoms with van der Waals surface area (Å²) in [5.41, 5.74) is 2.62. The van der Waals surface area contributed by atoms with Crippen molar-refractivity contribution in [1.82, 2.24) is 9.55 Å². The van der Waals surface area contributed by atoms with Gasteiger partial charge in [0.25, 0.3) is 0 Å². The first kappa shape index (κ1) is 20.0. The molecule has 29 heavy (non-hydrogen) atoms. The monoisotopic (exact) mass is 386 g/mol. The predicted molar refractivity (Wildman–Crippen MR) is 113 cm³/mol.